The lowest BCUT2D eigenvalue weighted by Gasteiger charge is -2.18. The van der Waals surface area contributed by atoms with Crippen molar-refractivity contribution >= 4 is 33.5 Å². The van der Waals surface area contributed by atoms with Crippen LogP contribution in [-0.4, -0.2) is 13.0 Å². The minimum atomic E-state index is -0.206. The van der Waals surface area contributed by atoms with Gasteiger partial charge in [0.05, 0.1) is 18.7 Å². The second-order valence-electron chi connectivity index (χ2n) is 6.89. The molecule has 1 N–H and O–H groups in total. The van der Waals surface area contributed by atoms with Crippen LogP contribution >= 0.6 is 0 Å². The zero-order valence-corrected chi connectivity index (χ0v) is 16.1. The molecule has 0 unspecified atom stereocenters. The van der Waals surface area contributed by atoms with E-state index in [1.54, 1.807) is 7.11 Å². The van der Waals surface area contributed by atoms with E-state index in [1.807, 2.05) is 66.7 Å². The topological polar surface area (TPSA) is 51.5 Å². The van der Waals surface area contributed by atoms with Gasteiger partial charge in [0, 0.05) is 16.8 Å². The van der Waals surface area contributed by atoms with Crippen molar-refractivity contribution in [2.75, 3.05) is 12.4 Å². The van der Waals surface area contributed by atoms with Crippen molar-refractivity contribution in [1.82, 2.24) is 0 Å². The summed E-state index contributed by atoms with van der Waals surface area (Å²) in [6.07, 6.45) is 1.71. The molecule has 1 atom stereocenters. The predicted octanol–water partition coefficient (Wildman–Crippen LogP) is 6.12. The molecule has 0 radical (unpaired) electrons. The fraction of sp³-hybridized carbons (Fsp3) is 0.208. The quantitative estimate of drug-likeness (QED) is 0.443. The summed E-state index contributed by atoms with van der Waals surface area (Å²) in [7, 11) is 1.61. The molecule has 0 aliphatic rings. The van der Waals surface area contributed by atoms with Crippen LogP contribution < -0.4 is 10.1 Å². The molecular formula is C24H23NO3. The van der Waals surface area contributed by atoms with E-state index < -0.39 is 0 Å². The Bertz CT molecular complexity index is 1110. The van der Waals surface area contributed by atoms with Crippen molar-refractivity contribution in [1.29, 1.82) is 0 Å². The predicted molar refractivity (Wildman–Crippen MR) is 113 cm³/mol. The maximum absolute atomic E-state index is 13.1. The SMILES string of the molecule is CCC[C@@H](C(=O)Nc1cc2oc3ccccc3c2cc1OC)c1ccccc1. The first-order chi connectivity index (χ1) is 13.7. The monoisotopic (exact) mass is 373 g/mol. The lowest BCUT2D eigenvalue weighted by Crippen LogP contribution is -2.21. The third-order valence-electron chi connectivity index (χ3n) is 5.05. The van der Waals surface area contributed by atoms with Gasteiger partial charge in [0.2, 0.25) is 5.91 Å². The summed E-state index contributed by atoms with van der Waals surface area (Å²) in [6, 6.07) is 21.5. The third-order valence-corrected chi connectivity index (χ3v) is 5.05. The lowest BCUT2D eigenvalue weighted by atomic mass is 9.93. The van der Waals surface area contributed by atoms with E-state index in [-0.39, 0.29) is 11.8 Å². The van der Waals surface area contributed by atoms with Gasteiger partial charge in [-0.1, -0.05) is 61.9 Å². The summed E-state index contributed by atoms with van der Waals surface area (Å²) in [5, 5.41) is 5.06. The maximum Gasteiger partial charge on any atom is 0.232 e. The van der Waals surface area contributed by atoms with Gasteiger partial charge in [-0.15, -0.1) is 0 Å². The van der Waals surface area contributed by atoms with E-state index in [0.717, 1.165) is 40.3 Å². The highest BCUT2D eigenvalue weighted by Crippen LogP contribution is 2.37. The molecule has 0 saturated carbocycles. The minimum absolute atomic E-state index is 0.0400. The summed E-state index contributed by atoms with van der Waals surface area (Å²) < 4.78 is 11.5. The highest BCUT2D eigenvalue weighted by molar-refractivity contribution is 6.08. The van der Waals surface area contributed by atoms with Gasteiger partial charge in [0.15, 0.2) is 0 Å². The summed E-state index contributed by atoms with van der Waals surface area (Å²) in [5.74, 6) is 0.375. The van der Waals surface area contributed by atoms with Crippen LogP contribution in [0.2, 0.25) is 0 Å². The molecule has 3 aromatic carbocycles. The molecule has 142 valence electrons. The average Bonchev–Trinajstić information content (AvgIpc) is 3.09. The number of para-hydroxylation sites is 1. The molecule has 0 fully saturated rings. The van der Waals surface area contributed by atoms with Gasteiger partial charge < -0.3 is 14.5 Å². The number of methoxy groups -OCH3 is 1. The van der Waals surface area contributed by atoms with Crippen LogP contribution in [0.1, 0.15) is 31.2 Å². The van der Waals surface area contributed by atoms with Crippen LogP contribution in [0.5, 0.6) is 5.75 Å². The maximum atomic E-state index is 13.1. The second kappa shape index (κ2) is 7.77. The molecule has 0 aliphatic carbocycles. The van der Waals surface area contributed by atoms with E-state index in [0.29, 0.717) is 11.4 Å². The van der Waals surface area contributed by atoms with Gasteiger partial charge in [-0.2, -0.15) is 0 Å². The Morgan fingerprint density at radius 3 is 2.50 bits per heavy atom. The minimum Gasteiger partial charge on any atom is -0.495 e. The number of anilines is 1. The van der Waals surface area contributed by atoms with E-state index >= 15 is 0 Å². The molecule has 4 rings (SSSR count). The Kier molecular flexibility index (Phi) is 5.02. The van der Waals surface area contributed by atoms with Gasteiger partial charge in [-0.25, -0.2) is 0 Å². The number of hydrogen-bond acceptors (Lipinski definition) is 3. The third kappa shape index (κ3) is 3.33. The van der Waals surface area contributed by atoms with E-state index in [4.69, 9.17) is 9.15 Å². The summed E-state index contributed by atoms with van der Waals surface area (Å²) in [6.45, 7) is 2.09. The first kappa shape index (κ1) is 18.1. The number of hydrogen-bond donors (Lipinski definition) is 1. The molecule has 4 heteroatoms. The molecule has 0 spiro atoms. The zero-order chi connectivity index (χ0) is 19.5. The number of carbonyl (C=O) groups excluding carboxylic acids is 1. The van der Waals surface area contributed by atoms with Crippen molar-refractivity contribution in [3.05, 3.63) is 72.3 Å². The molecular weight excluding hydrogens is 350 g/mol. The van der Waals surface area contributed by atoms with E-state index in [9.17, 15) is 4.79 Å². The molecule has 4 nitrogen and oxygen atoms in total. The molecule has 28 heavy (non-hydrogen) atoms. The van der Waals surface area contributed by atoms with Gasteiger partial charge >= 0.3 is 0 Å². The van der Waals surface area contributed by atoms with Crippen LogP contribution in [-0.2, 0) is 4.79 Å². The normalized spacial score (nSPS) is 12.2. The van der Waals surface area contributed by atoms with Gasteiger partial charge in [-0.3, -0.25) is 4.79 Å². The van der Waals surface area contributed by atoms with Gasteiger partial charge in [0.25, 0.3) is 0 Å². The van der Waals surface area contributed by atoms with Gasteiger partial charge in [-0.05, 0) is 24.1 Å². The highest BCUT2D eigenvalue weighted by atomic mass is 16.5. The number of rotatable bonds is 6. The smallest absolute Gasteiger partial charge is 0.232 e. The molecule has 0 bridgehead atoms. The van der Waals surface area contributed by atoms with Gasteiger partial charge in [0.1, 0.15) is 16.9 Å². The number of ether oxygens (including phenoxy) is 1. The van der Waals surface area contributed by atoms with Crippen LogP contribution in [0.15, 0.2) is 71.1 Å². The van der Waals surface area contributed by atoms with Crippen molar-refractivity contribution in [2.24, 2.45) is 0 Å². The summed E-state index contributed by atoms with van der Waals surface area (Å²) in [5.41, 5.74) is 3.18. The number of benzene rings is 3. The van der Waals surface area contributed by atoms with Crippen LogP contribution in [0.25, 0.3) is 21.9 Å². The van der Waals surface area contributed by atoms with E-state index in [1.165, 1.54) is 0 Å². The molecule has 0 saturated heterocycles. The Hall–Kier alpha value is -3.27. The standard InChI is InChI=1S/C24H23NO3/c1-3-9-17(16-10-5-4-6-11-16)24(26)25-20-15-22-19(14-23(20)27-2)18-12-7-8-13-21(18)28-22/h4-8,10-15,17H,3,9H2,1-2H3,(H,25,26)/t17-/m1/s1. The fourth-order valence-corrected chi connectivity index (χ4v) is 3.66. The first-order valence-corrected chi connectivity index (χ1v) is 9.56. The Morgan fingerprint density at radius 2 is 1.75 bits per heavy atom. The van der Waals surface area contributed by atoms with Crippen molar-refractivity contribution < 1.29 is 13.9 Å². The van der Waals surface area contributed by atoms with Crippen LogP contribution in [0.4, 0.5) is 5.69 Å². The molecule has 4 aromatic rings. The van der Waals surface area contributed by atoms with Crippen molar-refractivity contribution in [3.63, 3.8) is 0 Å². The largest absolute Gasteiger partial charge is 0.495 e. The van der Waals surface area contributed by atoms with Crippen LogP contribution in [0, 0.1) is 0 Å². The molecule has 1 heterocycles. The number of amides is 1. The second-order valence-corrected chi connectivity index (χ2v) is 6.89. The number of furan rings is 1. The Labute approximate surface area is 164 Å². The number of fused-ring (bicyclic) bond motifs is 3. The van der Waals surface area contributed by atoms with Crippen LogP contribution in [0.3, 0.4) is 0 Å². The molecule has 0 aliphatic heterocycles. The highest BCUT2D eigenvalue weighted by Gasteiger charge is 2.22. The molecule has 1 aromatic heterocycles. The average molecular weight is 373 g/mol. The summed E-state index contributed by atoms with van der Waals surface area (Å²) >= 11 is 0. The summed E-state index contributed by atoms with van der Waals surface area (Å²) in [4.78, 5) is 13.1. The van der Waals surface area contributed by atoms with Crippen molar-refractivity contribution in [2.45, 2.75) is 25.7 Å². The molecule has 1 amide bonds. The number of carbonyl (C=O) groups is 1. The number of nitrogens with one attached hydrogen (secondary N) is 1. The zero-order valence-electron chi connectivity index (χ0n) is 16.1. The Morgan fingerprint density at radius 1 is 1.00 bits per heavy atom. The Balaban J connectivity index is 1.71. The first-order valence-electron chi connectivity index (χ1n) is 9.56. The fourth-order valence-electron chi connectivity index (χ4n) is 3.66. The van der Waals surface area contributed by atoms with Crippen molar-refractivity contribution in [3.8, 4) is 5.75 Å². The lowest BCUT2D eigenvalue weighted by molar-refractivity contribution is -0.117. The van der Waals surface area contributed by atoms with E-state index in [2.05, 4.69) is 12.2 Å².